The number of hydrogen-bond acceptors (Lipinski definition) is 5. The zero-order valence-electron chi connectivity index (χ0n) is 16.9. The molecular formula is C21H30N4O4. The number of amides is 2. The van der Waals surface area contributed by atoms with Gasteiger partial charge in [-0.15, -0.1) is 0 Å². The maximum Gasteiger partial charge on any atom is 0.409 e. The van der Waals surface area contributed by atoms with Gasteiger partial charge in [0.1, 0.15) is 5.82 Å². The van der Waals surface area contributed by atoms with Crippen molar-refractivity contribution in [2.24, 2.45) is 5.41 Å². The Bertz CT molecular complexity index is 793. The van der Waals surface area contributed by atoms with Crippen LogP contribution in [0.15, 0.2) is 12.3 Å². The van der Waals surface area contributed by atoms with Crippen molar-refractivity contribution in [1.29, 1.82) is 0 Å². The number of carbonyl (C=O) groups excluding carboxylic acids is 1. The fourth-order valence-corrected chi connectivity index (χ4v) is 5.23. The largest absolute Gasteiger partial charge is 0.465 e. The number of aliphatic hydroxyl groups is 1. The van der Waals surface area contributed by atoms with Crippen LogP contribution in [0.1, 0.15) is 50.5 Å². The molecule has 2 amide bonds. The summed E-state index contributed by atoms with van der Waals surface area (Å²) < 4.78 is 0. The molecule has 0 radical (unpaired) electrons. The summed E-state index contributed by atoms with van der Waals surface area (Å²) in [7, 11) is 0. The van der Waals surface area contributed by atoms with Gasteiger partial charge in [-0.3, -0.25) is 10.1 Å². The first-order chi connectivity index (χ1) is 13.9. The standard InChI is InChI=1S/C21H30N4O4/c1-14-11-18(22-12-17(14)23-20(28)29)24-9-2-7-21(13-24)8-10-25(19(21)27)15-3-5-16(26)6-4-15/h11-12,15-16,23,26H,2-10,13H2,1H3,(H,28,29)/t15?,16?,21-/m1/s1. The Labute approximate surface area is 170 Å². The van der Waals surface area contributed by atoms with Crippen molar-refractivity contribution in [3.8, 4) is 0 Å². The quantitative estimate of drug-likeness (QED) is 0.718. The molecule has 3 heterocycles. The van der Waals surface area contributed by atoms with Gasteiger partial charge in [-0.1, -0.05) is 0 Å². The SMILES string of the molecule is Cc1cc(N2CCC[C@@]3(CCN(C4CCC(O)CC4)C3=O)C2)ncc1NC(=O)O. The van der Waals surface area contributed by atoms with E-state index >= 15 is 0 Å². The van der Waals surface area contributed by atoms with E-state index in [1.807, 2.05) is 13.0 Å². The number of rotatable bonds is 3. The molecule has 1 atom stereocenters. The maximum absolute atomic E-state index is 13.4. The van der Waals surface area contributed by atoms with Gasteiger partial charge < -0.3 is 20.0 Å². The molecule has 1 aromatic heterocycles. The second kappa shape index (κ2) is 7.82. The van der Waals surface area contributed by atoms with Crippen molar-refractivity contribution in [3.63, 3.8) is 0 Å². The van der Waals surface area contributed by atoms with Crippen molar-refractivity contribution in [3.05, 3.63) is 17.8 Å². The second-order valence-electron chi connectivity index (χ2n) is 8.80. The van der Waals surface area contributed by atoms with Crippen LogP contribution in [0.3, 0.4) is 0 Å². The third-order valence-electron chi connectivity index (χ3n) is 6.89. The van der Waals surface area contributed by atoms with Gasteiger partial charge in [0.25, 0.3) is 0 Å². The van der Waals surface area contributed by atoms with Gasteiger partial charge in [-0.2, -0.15) is 0 Å². The summed E-state index contributed by atoms with van der Waals surface area (Å²) in [6, 6.07) is 2.16. The van der Waals surface area contributed by atoms with Gasteiger partial charge in [0, 0.05) is 25.7 Å². The first-order valence-corrected chi connectivity index (χ1v) is 10.6. The van der Waals surface area contributed by atoms with E-state index in [4.69, 9.17) is 5.11 Å². The molecule has 3 aliphatic rings. The van der Waals surface area contributed by atoms with Crippen molar-refractivity contribution in [2.45, 2.75) is 64.0 Å². The first kappa shape index (κ1) is 19.9. The Morgan fingerprint density at radius 2 is 2.00 bits per heavy atom. The highest BCUT2D eigenvalue weighted by Gasteiger charge is 2.50. The van der Waals surface area contributed by atoms with Crippen molar-refractivity contribution < 1.29 is 19.8 Å². The number of piperidine rings is 1. The van der Waals surface area contributed by atoms with Gasteiger partial charge in [0.05, 0.1) is 23.4 Å². The van der Waals surface area contributed by atoms with E-state index < -0.39 is 6.09 Å². The molecule has 3 N–H and O–H groups in total. The maximum atomic E-state index is 13.4. The van der Waals surface area contributed by atoms with Crippen LogP contribution in [0.2, 0.25) is 0 Å². The molecule has 2 saturated heterocycles. The molecule has 8 nitrogen and oxygen atoms in total. The van der Waals surface area contributed by atoms with Crippen LogP contribution in [0.4, 0.5) is 16.3 Å². The molecule has 3 fully saturated rings. The van der Waals surface area contributed by atoms with E-state index in [1.165, 1.54) is 0 Å². The lowest BCUT2D eigenvalue weighted by Crippen LogP contribution is -2.50. The Balaban J connectivity index is 1.47. The molecular weight excluding hydrogens is 372 g/mol. The number of nitrogens with one attached hydrogen (secondary N) is 1. The van der Waals surface area contributed by atoms with E-state index in [-0.39, 0.29) is 23.5 Å². The molecule has 8 heteroatoms. The number of hydrogen-bond donors (Lipinski definition) is 3. The Hall–Kier alpha value is -2.35. The van der Waals surface area contributed by atoms with Crippen LogP contribution in [-0.2, 0) is 4.79 Å². The van der Waals surface area contributed by atoms with Crippen molar-refractivity contribution in [1.82, 2.24) is 9.88 Å². The van der Waals surface area contributed by atoms with E-state index in [1.54, 1.807) is 6.20 Å². The molecule has 158 valence electrons. The molecule has 29 heavy (non-hydrogen) atoms. The van der Waals surface area contributed by atoms with E-state index in [0.29, 0.717) is 12.2 Å². The molecule has 1 aromatic rings. The highest BCUT2D eigenvalue weighted by molar-refractivity contribution is 5.86. The number of aliphatic hydroxyl groups excluding tert-OH is 1. The van der Waals surface area contributed by atoms with Crippen LogP contribution < -0.4 is 10.2 Å². The number of aryl methyl sites for hydroxylation is 1. The van der Waals surface area contributed by atoms with Crippen LogP contribution in [-0.4, -0.2) is 63.9 Å². The van der Waals surface area contributed by atoms with Crippen molar-refractivity contribution in [2.75, 3.05) is 29.9 Å². The Morgan fingerprint density at radius 1 is 1.24 bits per heavy atom. The normalized spacial score (nSPS) is 30.1. The predicted molar refractivity (Wildman–Crippen MR) is 109 cm³/mol. The van der Waals surface area contributed by atoms with E-state index in [0.717, 1.165) is 69.4 Å². The van der Waals surface area contributed by atoms with Crippen LogP contribution in [0.25, 0.3) is 0 Å². The fourth-order valence-electron chi connectivity index (χ4n) is 5.23. The van der Waals surface area contributed by atoms with Gasteiger partial charge >= 0.3 is 6.09 Å². The molecule has 0 bridgehead atoms. The van der Waals surface area contributed by atoms with E-state index in [2.05, 4.69) is 20.1 Å². The lowest BCUT2D eigenvalue weighted by molar-refractivity contribution is -0.139. The number of anilines is 2. The molecule has 1 aliphatic carbocycles. The number of pyridine rings is 1. The number of aromatic nitrogens is 1. The lowest BCUT2D eigenvalue weighted by atomic mass is 9.78. The molecule has 1 saturated carbocycles. The van der Waals surface area contributed by atoms with Gasteiger partial charge in [0.15, 0.2) is 0 Å². The summed E-state index contributed by atoms with van der Waals surface area (Å²) in [5.41, 5.74) is 0.953. The minimum atomic E-state index is -1.11. The third-order valence-corrected chi connectivity index (χ3v) is 6.89. The van der Waals surface area contributed by atoms with Crippen LogP contribution in [0.5, 0.6) is 0 Å². The van der Waals surface area contributed by atoms with Gasteiger partial charge in [-0.05, 0) is 63.5 Å². The van der Waals surface area contributed by atoms with Crippen molar-refractivity contribution >= 4 is 23.5 Å². The number of carbonyl (C=O) groups is 2. The second-order valence-corrected chi connectivity index (χ2v) is 8.80. The molecule has 4 rings (SSSR count). The summed E-state index contributed by atoms with van der Waals surface area (Å²) in [5.74, 6) is 1.06. The van der Waals surface area contributed by atoms with E-state index in [9.17, 15) is 14.7 Å². The predicted octanol–water partition coefficient (Wildman–Crippen LogP) is 2.60. The summed E-state index contributed by atoms with van der Waals surface area (Å²) in [5, 5.41) is 21.1. The average molecular weight is 402 g/mol. The van der Waals surface area contributed by atoms with Gasteiger partial charge in [-0.25, -0.2) is 9.78 Å². The molecule has 0 aromatic carbocycles. The average Bonchev–Trinajstić information content (AvgIpc) is 3.00. The first-order valence-electron chi connectivity index (χ1n) is 10.6. The zero-order chi connectivity index (χ0) is 20.6. The highest BCUT2D eigenvalue weighted by Crippen LogP contribution is 2.43. The molecule has 0 unspecified atom stereocenters. The summed E-state index contributed by atoms with van der Waals surface area (Å²) in [6.07, 6.45) is 6.32. The topological polar surface area (TPSA) is 106 Å². The fraction of sp³-hybridized carbons (Fsp3) is 0.667. The Kier molecular flexibility index (Phi) is 5.38. The lowest BCUT2D eigenvalue weighted by Gasteiger charge is -2.41. The summed E-state index contributed by atoms with van der Waals surface area (Å²) in [4.78, 5) is 33.0. The minimum absolute atomic E-state index is 0.212. The number of carboxylic acid groups (broad SMARTS) is 1. The third kappa shape index (κ3) is 3.90. The summed E-state index contributed by atoms with van der Waals surface area (Å²) in [6.45, 7) is 4.18. The number of nitrogens with zero attached hydrogens (tertiary/aromatic N) is 3. The monoisotopic (exact) mass is 402 g/mol. The highest BCUT2D eigenvalue weighted by atomic mass is 16.4. The van der Waals surface area contributed by atoms with Crippen LogP contribution in [0, 0.1) is 12.3 Å². The summed E-state index contributed by atoms with van der Waals surface area (Å²) >= 11 is 0. The molecule has 1 spiro atoms. The minimum Gasteiger partial charge on any atom is -0.465 e. The van der Waals surface area contributed by atoms with Crippen LogP contribution >= 0.6 is 0 Å². The van der Waals surface area contributed by atoms with Gasteiger partial charge in [0.2, 0.25) is 5.91 Å². The number of likely N-dealkylation sites (tertiary alicyclic amines) is 1. The smallest absolute Gasteiger partial charge is 0.409 e. The zero-order valence-corrected chi connectivity index (χ0v) is 16.9. The Morgan fingerprint density at radius 3 is 2.69 bits per heavy atom. The molecule has 2 aliphatic heterocycles.